The first-order valence-corrected chi connectivity index (χ1v) is 8.17. The van der Waals surface area contributed by atoms with E-state index in [0.717, 1.165) is 39.3 Å². The van der Waals surface area contributed by atoms with Crippen LogP contribution in [0.1, 0.15) is 22.8 Å². The van der Waals surface area contributed by atoms with Crippen LogP contribution in [0, 0.1) is 4.91 Å². The Kier molecular flexibility index (Phi) is 3.15. The molecule has 0 unspecified atom stereocenters. The number of aromatic amines is 2. The lowest BCUT2D eigenvalue weighted by atomic mass is 10.3. The number of nitroso groups, excluding NO2 is 1. The lowest BCUT2D eigenvalue weighted by molar-refractivity contribution is 1.31. The Morgan fingerprint density at radius 2 is 1.19 bits per heavy atom. The first-order chi connectivity index (χ1) is 12.7. The summed E-state index contributed by atoms with van der Waals surface area (Å²) >= 11 is 0. The third-order valence-electron chi connectivity index (χ3n) is 4.25. The van der Waals surface area contributed by atoms with Gasteiger partial charge in [0.25, 0.3) is 0 Å². The monoisotopic (exact) mass is 339 g/mol. The van der Waals surface area contributed by atoms with Crippen LogP contribution in [-0.4, -0.2) is 19.9 Å². The van der Waals surface area contributed by atoms with Crippen molar-refractivity contribution in [3.63, 3.8) is 0 Å². The van der Waals surface area contributed by atoms with Gasteiger partial charge in [0, 0.05) is 16.6 Å². The number of nitrogens with one attached hydrogen (secondary N) is 2. The summed E-state index contributed by atoms with van der Waals surface area (Å²) in [6, 6.07) is 13.4. The Hall–Kier alpha value is -3.80. The van der Waals surface area contributed by atoms with E-state index in [1.165, 1.54) is 0 Å². The zero-order chi connectivity index (χ0) is 17.5. The Labute approximate surface area is 147 Å². The van der Waals surface area contributed by atoms with Crippen molar-refractivity contribution in [3.8, 4) is 0 Å². The fourth-order valence-corrected chi connectivity index (χ4v) is 3.08. The Balaban J connectivity index is 1.88. The smallest absolute Gasteiger partial charge is 0.133 e. The molecule has 5 heterocycles. The fraction of sp³-hybridized carbons (Fsp3) is 0. The lowest BCUT2D eigenvalue weighted by Crippen LogP contribution is -1.75. The molecule has 0 aliphatic carbocycles. The number of hydrogen-bond acceptors (Lipinski definition) is 4. The maximum absolute atomic E-state index is 11.2. The van der Waals surface area contributed by atoms with Crippen LogP contribution in [-0.2, 0) is 0 Å². The van der Waals surface area contributed by atoms with Crippen LogP contribution in [0.15, 0.2) is 47.6 Å². The highest BCUT2D eigenvalue weighted by molar-refractivity contribution is 5.82. The largest absolute Gasteiger partial charge is 0.355 e. The minimum absolute atomic E-state index is 0.348. The molecule has 0 atom stereocenters. The van der Waals surface area contributed by atoms with Gasteiger partial charge in [0.1, 0.15) is 5.69 Å². The predicted molar refractivity (Wildman–Crippen MR) is 104 cm³/mol. The standard InChI is InChI=1S/C20H13N5O/c26-25-20-11-18-9-16-4-3-14(22-16)7-12-1-2-13(21-12)8-15-5-6-17(23-15)10-19(20)24-18/h1-11,21,24H. The third-order valence-corrected chi connectivity index (χ3v) is 4.25. The Morgan fingerprint density at radius 3 is 1.77 bits per heavy atom. The molecule has 2 aliphatic heterocycles. The van der Waals surface area contributed by atoms with E-state index in [-0.39, 0.29) is 0 Å². The molecule has 0 aromatic carbocycles. The van der Waals surface area contributed by atoms with E-state index in [9.17, 15) is 4.91 Å². The molecule has 6 nitrogen and oxygen atoms in total. The quantitative estimate of drug-likeness (QED) is 0.419. The van der Waals surface area contributed by atoms with Gasteiger partial charge in [-0.3, -0.25) is 0 Å². The van der Waals surface area contributed by atoms with Gasteiger partial charge in [-0.2, -0.15) is 0 Å². The van der Waals surface area contributed by atoms with Gasteiger partial charge in [0.15, 0.2) is 0 Å². The minimum Gasteiger partial charge on any atom is -0.355 e. The van der Waals surface area contributed by atoms with E-state index < -0.39 is 0 Å². The lowest BCUT2D eigenvalue weighted by Gasteiger charge is -1.86. The molecule has 6 heteroatoms. The Morgan fingerprint density at radius 1 is 0.654 bits per heavy atom. The first-order valence-electron chi connectivity index (χ1n) is 8.17. The number of fused-ring (bicyclic) bond motifs is 8. The van der Waals surface area contributed by atoms with Gasteiger partial charge >= 0.3 is 0 Å². The Bertz CT molecular complexity index is 1260. The molecule has 3 aromatic heterocycles. The summed E-state index contributed by atoms with van der Waals surface area (Å²) in [6.45, 7) is 0. The molecule has 8 bridgehead atoms. The van der Waals surface area contributed by atoms with Crippen molar-refractivity contribution >= 4 is 52.1 Å². The number of aromatic nitrogens is 4. The molecule has 2 N–H and O–H groups in total. The van der Waals surface area contributed by atoms with E-state index in [1.54, 1.807) is 6.07 Å². The zero-order valence-electron chi connectivity index (χ0n) is 13.6. The first kappa shape index (κ1) is 14.5. The molecule has 2 aliphatic rings. The van der Waals surface area contributed by atoms with Gasteiger partial charge in [0.2, 0.25) is 0 Å². The summed E-state index contributed by atoms with van der Waals surface area (Å²) in [5.41, 5.74) is 6.94. The maximum atomic E-state index is 11.2. The number of hydrogen-bond donors (Lipinski definition) is 2. The fourth-order valence-electron chi connectivity index (χ4n) is 3.08. The average Bonchev–Trinajstić information content (AvgIpc) is 3.39. The van der Waals surface area contributed by atoms with Crippen molar-refractivity contribution in [1.82, 2.24) is 19.9 Å². The van der Waals surface area contributed by atoms with E-state index in [4.69, 9.17) is 0 Å². The molecular formula is C20H13N5O. The molecule has 0 fully saturated rings. The second kappa shape index (κ2) is 5.63. The van der Waals surface area contributed by atoms with E-state index in [0.29, 0.717) is 11.2 Å². The van der Waals surface area contributed by atoms with Gasteiger partial charge in [-0.25, -0.2) is 9.97 Å². The van der Waals surface area contributed by atoms with Crippen LogP contribution in [0.4, 0.5) is 5.69 Å². The molecule has 0 saturated heterocycles. The van der Waals surface area contributed by atoms with Crippen LogP contribution < -0.4 is 0 Å². The number of rotatable bonds is 1. The highest BCUT2D eigenvalue weighted by atomic mass is 16.3. The van der Waals surface area contributed by atoms with Crippen LogP contribution in [0.3, 0.4) is 0 Å². The van der Waals surface area contributed by atoms with Crippen molar-refractivity contribution in [2.24, 2.45) is 5.18 Å². The van der Waals surface area contributed by atoms with Gasteiger partial charge < -0.3 is 9.97 Å². The molecule has 26 heavy (non-hydrogen) atoms. The molecule has 124 valence electrons. The molecule has 0 radical (unpaired) electrons. The molecule has 0 spiro atoms. The van der Waals surface area contributed by atoms with E-state index in [2.05, 4.69) is 25.1 Å². The van der Waals surface area contributed by atoms with Gasteiger partial charge in [-0.15, -0.1) is 4.91 Å². The van der Waals surface area contributed by atoms with E-state index >= 15 is 0 Å². The molecular weight excluding hydrogens is 326 g/mol. The average molecular weight is 339 g/mol. The second-order valence-corrected chi connectivity index (χ2v) is 6.15. The second-order valence-electron chi connectivity index (χ2n) is 6.15. The summed E-state index contributed by atoms with van der Waals surface area (Å²) < 4.78 is 0. The van der Waals surface area contributed by atoms with Crippen LogP contribution >= 0.6 is 0 Å². The molecule has 3 aromatic rings. The minimum atomic E-state index is 0.348. The molecule has 5 rings (SSSR count). The molecule has 0 amide bonds. The SMILES string of the molecule is O=Nc1cc2cc3nc(cc4ccc(cc5nc(cc1[nH]2)C=C5)[nH]4)C=C3. The summed E-state index contributed by atoms with van der Waals surface area (Å²) in [6.07, 6.45) is 7.72. The van der Waals surface area contributed by atoms with Crippen LogP contribution in [0.25, 0.3) is 46.4 Å². The normalized spacial score (nSPS) is 12.5. The van der Waals surface area contributed by atoms with E-state index in [1.807, 2.05) is 60.7 Å². The topological polar surface area (TPSA) is 86.8 Å². The highest BCUT2D eigenvalue weighted by Gasteiger charge is 2.05. The van der Waals surface area contributed by atoms with Crippen molar-refractivity contribution in [3.05, 3.63) is 70.1 Å². The van der Waals surface area contributed by atoms with Crippen molar-refractivity contribution < 1.29 is 0 Å². The zero-order valence-corrected chi connectivity index (χ0v) is 13.6. The summed E-state index contributed by atoms with van der Waals surface area (Å²) in [5.74, 6) is 0. The van der Waals surface area contributed by atoms with Gasteiger partial charge in [-0.05, 0) is 71.9 Å². The van der Waals surface area contributed by atoms with Crippen molar-refractivity contribution in [1.29, 1.82) is 0 Å². The van der Waals surface area contributed by atoms with Gasteiger partial charge in [-0.1, -0.05) is 0 Å². The molecule has 0 saturated carbocycles. The maximum Gasteiger partial charge on any atom is 0.133 e. The van der Waals surface area contributed by atoms with Crippen LogP contribution in [0.2, 0.25) is 0 Å². The summed E-state index contributed by atoms with van der Waals surface area (Å²) in [5, 5.41) is 3.11. The number of nitrogens with zero attached hydrogens (tertiary/aromatic N) is 3. The van der Waals surface area contributed by atoms with Crippen LogP contribution in [0.5, 0.6) is 0 Å². The highest BCUT2D eigenvalue weighted by Crippen LogP contribution is 2.24. The third kappa shape index (κ3) is 2.63. The van der Waals surface area contributed by atoms with Crippen molar-refractivity contribution in [2.45, 2.75) is 0 Å². The van der Waals surface area contributed by atoms with Crippen molar-refractivity contribution in [2.75, 3.05) is 0 Å². The predicted octanol–water partition coefficient (Wildman–Crippen LogP) is 5.05. The summed E-state index contributed by atoms with van der Waals surface area (Å²) in [4.78, 5) is 26.9. The summed E-state index contributed by atoms with van der Waals surface area (Å²) in [7, 11) is 0. The van der Waals surface area contributed by atoms with Gasteiger partial charge in [0.05, 0.1) is 28.3 Å². The number of H-pyrrole nitrogens is 2.